The third kappa shape index (κ3) is 6.72. The number of aliphatic hydroxyl groups is 2. The Balaban J connectivity index is 2.35. The number of amides is 1. The maximum absolute atomic E-state index is 12.8. The van der Waals surface area contributed by atoms with Gasteiger partial charge in [-0.05, 0) is 24.1 Å². The van der Waals surface area contributed by atoms with Crippen LogP contribution in [0.15, 0.2) is 24.3 Å². The number of aliphatic hydroxyl groups excluding tert-OH is 2. The van der Waals surface area contributed by atoms with Crippen molar-refractivity contribution in [2.45, 2.75) is 39.2 Å². The molecule has 0 saturated carbocycles. The number of carbonyl (C=O) groups excluding carboxylic acids is 3. The van der Waals surface area contributed by atoms with Crippen LogP contribution in [0.25, 0.3) is 0 Å². The molecular weight excluding hydrogens is 329 g/mol. The molecule has 1 amide bonds. The van der Waals surface area contributed by atoms with E-state index in [0.29, 0.717) is 6.42 Å². The Kier molecular flexibility index (Phi) is 7.86. The van der Waals surface area contributed by atoms with Crippen molar-refractivity contribution < 1.29 is 29.0 Å². The van der Waals surface area contributed by atoms with Gasteiger partial charge in [0.1, 0.15) is 11.9 Å². The van der Waals surface area contributed by atoms with E-state index in [9.17, 15) is 23.9 Å². The van der Waals surface area contributed by atoms with Crippen molar-refractivity contribution in [3.63, 3.8) is 0 Å². The van der Waals surface area contributed by atoms with Crippen molar-refractivity contribution >= 4 is 17.5 Å². The predicted octanol–water partition coefficient (Wildman–Crippen LogP) is 0.782. The highest BCUT2D eigenvalue weighted by atomic mass is 19.1. The Hall–Kier alpha value is -2.12. The minimum Gasteiger partial charge on any atom is -0.396 e. The number of rotatable bonds is 10. The fourth-order valence-corrected chi connectivity index (χ4v) is 2.03. The molecule has 3 N–H and O–H groups in total. The summed E-state index contributed by atoms with van der Waals surface area (Å²) in [6.07, 6.45) is -1.23. The molecule has 0 bridgehead atoms. The number of nitrogens with one attached hydrogen (secondary N) is 1. The number of benzene rings is 1. The van der Waals surface area contributed by atoms with Gasteiger partial charge in [-0.15, -0.1) is 0 Å². The average molecular weight is 353 g/mol. The number of aryl methyl sites for hydroxylation is 1. The highest BCUT2D eigenvalue weighted by Gasteiger charge is 2.32. The van der Waals surface area contributed by atoms with Crippen LogP contribution in [0.2, 0.25) is 0 Å². The second-order valence-electron chi connectivity index (χ2n) is 6.56. The molecule has 1 atom stereocenters. The molecule has 25 heavy (non-hydrogen) atoms. The summed E-state index contributed by atoms with van der Waals surface area (Å²) in [7, 11) is 0. The topological polar surface area (TPSA) is 104 Å². The lowest BCUT2D eigenvalue weighted by atomic mass is 9.87. The van der Waals surface area contributed by atoms with E-state index in [0.717, 1.165) is 5.56 Å². The molecule has 0 unspecified atom stereocenters. The molecular formula is C18H24FNO5. The summed E-state index contributed by atoms with van der Waals surface area (Å²) in [5, 5.41) is 21.3. The van der Waals surface area contributed by atoms with Crippen molar-refractivity contribution in [1.82, 2.24) is 5.32 Å². The van der Waals surface area contributed by atoms with Gasteiger partial charge in [0.25, 0.3) is 0 Å². The van der Waals surface area contributed by atoms with E-state index < -0.39 is 29.0 Å². The minimum absolute atomic E-state index is 0.0125. The second kappa shape index (κ2) is 9.39. The zero-order valence-corrected chi connectivity index (χ0v) is 14.4. The quantitative estimate of drug-likeness (QED) is 0.540. The smallest absolute Gasteiger partial charge is 0.249 e. The lowest BCUT2D eigenvalue weighted by Crippen LogP contribution is -2.46. The number of hydrogen-bond acceptors (Lipinski definition) is 5. The lowest BCUT2D eigenvalue weighted by Gasteiger charge is -2.27. The number of Topliss-reactive ketones (excluding diaryl/α,β-unsaturated/α-hetero) is 2. The minimum atomic E-state index is -1.42. The molecule has 0 aliphatic carbocycles. The average Bonchev–Trinajstić information content (AvgIpc) is 2.59. The molecule has 138 valence electrons. The summed E-state index contributed by atoms with van der Waals surface area (Å²) in [5.41, 5.74) is -0.246. The Morgan fingerprint density at radius 1 is 1.12 bits per heavy atom. The fraction of sp³-hybridized carbons (Fsp3) is 0.500. The Morgan fingerprint density at radius 3 is 2.24 bits per heavy atom. The SMILES string of the molecule is CC(C)(CO)[C@@H](O)C(=O)NCCC(=O)C(=O)CCc1ccc(F)cc1. The number of ketones is 2. The van der Waals surface area contributed by atoms with Crippen molar-refractivity contribution in [2.24, 2.45) is 5.41 Å². The van der Waals surface area contributed by atoms with Crippen LogP contribution in [-0.2, 0) is 20.8 Å². The van der Waals surface area contributed by atoms with Crippen LogP contribution < -0.4 is 5.32 Å². The van der Waals surface area contributed by atoms with Gasteiger partial charge in [-0.2, -0.15) is 0 Å². The molecule has 0 heterocycles. The summed E-state index contributed by atoms with van der Waals surface area (Å²) < 4.78 is 12.8. The molecule has 0 aliphatic heterocycles. The lowest BCUT2D eigenvalue weighted by molar-refractivity contribution is -0.138. The third-order valence-electron chi connectivity index (χ3n) is 3.91. The second-order valence-corrected chi connectivity index (χ2v) is 6.56. The number of carbonyl (C=O) groups is 3. The van der Waals surface area contributed by atoms with Gasteiger partial charge in [0.05, 0.1) is 6.61 Å². The summed E-state index contributed by atoms with van der Waals surface area (Å²) in [4.78, 5) is 35.3. The normalized spacial score (nSPS) is 12.5. The van der Waals surface area contributed by atoms with Crippen LogP contribution in [0.5, 0.6) is 0 Å². The third-order valence-corrected chi connectivity index (χ3v) is 3.91. The Morgan fingerprint density at radius 2 is 1.68 bits per heavy atom. The summed E-state index contributed by atoms with van der Waals surface area (Å²) >= 11 is 0. The molecule has 0 fully saturated rings. The monoisotopic (exact) mass is 353 g/mol. The molecule has 0 aliphatic rings. The van der Waals surface area contributed by atoms with Crippen molar-refractivity contribution in [3.05, 3.63) is 35.6 Å². The maximum Gasteiger partial charge on any atom is 0.249 e. The van der Waals surface area contributed by atoms with Crippen LogP contribution in [0, 0.1) is 11.2 Å². The van der Waals surface area contributed by atoms with E-state index in [-0.39, 0.29) is 31.8 Å². The first-order chi connectivity index (χ1) is 11.7. The van der Waals surface area contributed by atoms with E-state index in [1.165, 1.54) is 26.0 Å². The van der Waals surface area contributed by atoms with Gasteiger partial charge in [-0.1, -0.05) is 26.0 Å². The van der Waals surface area contributed by atoms with Crippen LogP contribution in [0.1, 0.15) is 32.3 Å². The number of halogens is 1. The first-order valence-electron chi connectivity index (χ1n) is 8.04. The molecule has 0 saturated heterocycles. The van der Waals surface area contributed by atoms with E-state index in [1.807, 2.05) is 0 Å². The van der Waals surface area contributed by atoms with Gasteiger partial charge < -0.3 is 15.5 Å². The summed E-state index contributed by atoms with van der Waals surface area (Å²) in [6.45, 7) is 2.61. The van der Waals surface area contributed by atoms with Crippen molar-refractivity contribution in [3.8, 4) is 0 Å². The largest absolute Gasteiger partial charge is 0.396 e. The molecule has 0 spiro atoms. The molecule has 1 aromatic carbocycles. The fourth-order valence-electron chi connectivity index (χ4n) is 2.03. The van der Waals surface area contributed by atoms with E-state index in [4.69, 9.17) is 5.11 Å². The summed E-state index contributed by atoms with van der Waals surface area (Å²) in [6, 6.07) is 5.68. The highest BCUT2D eigenvalue weighted by molar-refractivity contribution is 6.37. The van der Waals surface area contributed by atoms with Crippen LogP contribution in [0.3, 0.4) is 0 Å². The van der Waals surface area contributed by atoms with Gasteiger partial charge in [-0.25, -0.2) is 4.39 Å². The van der Waals surface area contributed by atoms with E-state index in [2.05, 4.69) is 5.32 Å². The highest BCUT2D eigenvalue weighted by Crippen LogP contribution is 2.19. The zero-order valence-electron chi connectivity index (χ0n) is 14.4. The van der Waals surface area contributed by atoms with Crippen LogP contribution in [0.4, 0.5) is 4.39 Å². The molecule has 1 aromatic rings. The van der Waals surface area contributed by atoms with E-state index >= 15 is 0 Å². The van der Waals surface area contributed by atoms with Gasteiger partial charge in [0.2, 0.25) is 5.91 Å². The van der Waals surface area contributed by atoms with E-state index in [1.54, 1.807) is 12.1 Å². The molecule has 0 aromatic heterocycles. The van der Waals surface area contributed by atoms with Gasteiger partial charge in [-0.3, -0.25) is 14.4 Å². The van der Waals surface area contributed by atoms with Gasteiger partial charge >= 0.3 is 0 Å². The van der Waals surface area contributed by atoms with Crippen molar-refractivity contribution in [2.75, 3.05) is 13.2 Å². The zero-order chi connectivity index (χ0) is 19.0. The standard InChI is InChI=1S/C18H24FNO5/c1-18(2,11-21)16(24)17(25)20-10-9-15(23)14(22)8-5-12-3-6-13(19)7-4-12/h3-4,6-7,16,21,24H,5,8-11H2,1-2H3,(H,20,25)/t16-/m0/s1. The molecule has 0 radical (unpaired) electrons. The summed E-state index contributed by atoms with van der Waals surface area (Å²) in [5.74, 6) is -2.24. The Labute approximate surface area is 146 Å². The van der Waals surface area contributed by atoms with Crippen LogP contribution >= 0.6 is 0 Å². The number of hydrogen-bond donors (Lipinski definition) is 3. The Bertz CT molecular complexity index is 612. The molecule has 6 nitrogen and oxygen atoms in total. The van der Waals surface area contributed by atoms with Crippen LogP contribution in [-0.4, -0.2) is 46.9 Å². The van der Waals surface area contributed by atoms with Gasteiger partial charge in [0, 0.05) is 24.8 Å². The predicted molar refractivity (Wildman–Crippen MR) is 89.2 cm³/mol. The molecule has 1 rings (SSSR count). The first kappa shape index (κ1) is 20.9. The van der Waals surface area contributed by atoms with Crippen molar-refractivity contribution in [1.29, 1.82) is 0 Å². The maximum atomic E-state index is 12.8. The molecule has 7 heteroatoms. The first-order valence-corrected chi connectivity index (χ1v) is 8.04. The van der Waals surface area contributed by atoms with Gasteiger partial charge in [0.15, 0.2) is 11.6 Å².